The van der Waals surface area contributed by atoms with Gasteiger partial charge < -0.3 is 19.5 Å². The Balaban J connectivity index is 1.64. The Hall–Kier alpha value is -1.63. The predicted octanol–water partition coefficient (Wildman–Crippen LogP) is 4.83. The Bertz CT molecular complexity index is 733. The fourth-order valence-electron chi connectivity index (χ4n) is 3.05. The lowest BCUT2D eigenvalue weighted by molar-refractivity contribution is 0.110. The fraction of sp³-hybridized carbons (Fsp3) is 0.429. The zero-order valence-corrected chi connectivity index (χ0v) is 17.1. The summed E-state index contributed by atoms with van der Waals surface area (Å²) >= 11 is 3.59. The van der Waals surface area contributed by atoms with Crippen molar-refractivity contribution in [3.8, 4) is 11.5 Å². The molecule has 0 aromatic heterocycles. The van der Waals surface area contributed by atoms with E-state index in [1.54, 1.807) is 12.1 Å². The maximum atomic E-state index is 13.0. The van der Waals surface area contributed by atoms with Crippen molar-refractivity contribution in [2.24, 2.45) is 0 Å². The van der Waals surface area contributed by atoms with Gasteiger partial charge >= 0.3 is 0 Å². The Kier molecular flexibility index (Phi) is 7.50. The van der Waals surface area contributed by atoms with Crippen LogP contribution in [0.2, 0.25) is 0 Å². The van der Waals surface area contributed by atoms with Crippen LogP contribution in [-0.2, 0) is 17.9 Å². The first-order valence-corrected chi connectivity index (χ1v) is 10.1. The van der Waals surface area contributed by atoms with Crippen molar-refractivity contribution in [2.75, 3.05) is 19.8 Å². The second-order valence-corrected chi connectivity index (χ2v) is 7.37. The average Bonchev–Trinajstić information content (AvgIpc) is 3.16. The van der Waals surface area contributed by atoms with Crippen LogP contribution >= 0.6 is 15.9 Å². The Morgan fingerprint density at radius 2 is 2.00 bits per heavy atom. The number of nitrogens with one attached hydrogen (secondary N) is 1. The Morgan fingerprint density at radius 1 is 1.19 bits per heavy atom. The number of rotatable bonds is 9. The van der Waals surface area contributed by atoms with Crippen LogP contribution in [0.3, 0.4) is 0 Å². The minimum absolute atomic E-state index is 0.255. The normalized spacial score (nSPS) is 16.5. The first kappa shape index (κ1) is 20.1. The molecular weight excluding hydrogens is 413 g/mol. The highest BCUT2D eigenvalue weighted by atomic mass is 79.9. The van der Waals surface area contributed by atoms with Crippen LogP contribution in [0.15, 0.2) is 40.9 Å². The third-order valence-corrected chi connectivity index (χ3v) is 4.98. The van der Waals surface area contributed by atoms with Crippen molar-refractivity contribution in [3.63, 3.8) is 0 Å². The van der Waals surface area contributed by atoms with E-state index in [1.807, 2.05) is 19.1 Å². The number of hydrogen-bond donors (Lipinski definition) is 1. The van der Waals surface area contributed by atoms with Crippen LogP contribution in [0.5, 0.6) is 11.5 Å². The fourth-order valence-corrected chi connectivity index (χ4v) is 3.65. The standard InChI is InChI=1S/C21H25BrFNO3/c1-2-25-20-11-16(12-24-13-18-4-3-9-26-18)10-19(22)21(20)27-14-15-5-7-17(23)8-6-15/h5-8,10-11,18,24H,2-4,9,12-14H2,1H3. The predicted molar refractivity (Wildman–Crippen MR) is 107 cm³/mol. The smallest absolute Gasteiger partial charge is 0.175 e. The van der Waals surface area contributed by atoms with Gasteiger partial charge in [-0.15, -0.1) is 0 Å². The molecule has 3 rings (SSSR count). The minimum atomic E-state index is -0.255. The van der Waals surface area contributed by atoms with Gasteiger partial charge in [0.2, 0.25) is 0 Å². The van der Waals surface area contributed by atoms with Crippen LogP contribution in [0.1, 0.15) is 30.9 Å². The highest BCUT2D eigenvalue weighted by molar-refractivity contribution is 9.10. The molecule has 0 bridgehead atoms. The zero-order chi connectivity index (χ0) is 19.1. The molecule has 0 spiro atoms. The molecule has 2 aromatic carbocycles. The molecule has 4 nitrogen and oxygen atoms in total. The van der Waals surface area contributed by atoms with E-state index in [0.717, 1.165) is 48.1 Å². The minimum Gasteiger partial charge on any atom is -0.490 e. The van der Waals surface area contributed by atoms with Gasteiger partial charge in [-0.2, -0.15) is 0 Å². The van der Waals surface area contributed by atoms with Crippen LogP contribution < -0.4 is 14.8 Å². The van der Waals surface area contributed by atoms with Crippen molar-refractivity contribution in [2.45, 2.75) is 39.0 Å². The monoisotopic (exact) mass is 437 g/mol. The van der Waals surface area contributed by atoms with E-state index < -0.39 is 0 Å². The summed E-state index contributed by atoms with van der Waals surface area (Å²) in [6, 6.07) is 10.3. The number of halogens is 2. The topological polar surface area (TPSA) is 39.7 Å². The van der Waals surface area contributed by atoms with Crippen molar-refractivity contribution in [1.82, 2.24) is 5.32 Å². The molecule has 27 heavy (non-hydrogen) atoms. The summed E-state index contributed by atoms with van der Waals surface area (Å²) in [6.07, 6.45) is 2.59. The molecule has 0 radical (unpaired) electrons. The van der Waals surface area contributed by atoms with Crippen molar-refractivity contribution in [3.05, 3.63) is 57.8 Å². The van der Waals surface area contributed by atoms with E-state index in [9.17, 15) is 4.39 Å². The number of ether oxygens (including phenoxy) is 3. The van der Waals surface area contributed by atoms with Gasteiger partial charge in [-0.05, 0) is 71.1 Å². The quantitative estimate of drug-likeness (QED) is 0.609. The van der Waals surface area contributed by atoms with Gasteiger partial charge in [-0.3, -0.25) is 0 Å². The molecule has 0 aliphatic carbocycles. The average molecular weight is 438 g/mol. The first-order valence-electron chi connectivity index (χ1n) is 9.30. The molecule has 6 heteroatoms. The molecule has 1 atom stereocenters. The molecule has 1 N–H and O–H groups in total. The van der Waals surface area contributed by atoms with Gasteiger partial charge in [-0.25, -0.2) is 4.39 Å². The summed E-state index contributed by atoms with van der Waals surface area (Å²) in [5, 5.41) is 3.45. The molecular formula is C21H25BrFNO3. The van der Waals surface area contributed by atoms with Crippen molar-refractivity contribution >= 4 is 15.9 Å². The van der Waals surface area contributed by atoms with E-state index >= 15 is 0 Å². The molecule has 1 aliphatic heterocycles. The molecule has 1 fully saturated rings. The lowest BCUT2D eigenvalue weighted by Crippen LogP contribution is -2.25. The van der Waals surface area contributed by atoms with Crippen molar-refractivity contribution in [1.29, 1.82) is 0 Å². The zero-order valence-electron chi connectivity index (χ0n) is 15.5. The van der Waals surface area contributed by atoms with E-state index in [2.05, 4.69) is 21.2 Å². The third kappa shape index (κ3) is 5.92. The SMILES string of the molecule is CCOc1cc(CNCC2CCCO2)cc(Br)c1OCc1ccc(F)cc1. The molecule has 1 saturated heterocycles. The van der Waals surface area contributed by atoms with Gasteiger partial charge in [0, 0.05) is 19.7 Å². The Morgan fingerprint density at radius 3 is 2.70 bits per heavy atom. The highest BCUT2D eigenvalue weighted by Crippen LogP contribution is 2.37. The van der Waals surface area contributed by atoms with Gasteiger partial charge in [0.05, 0.1) is 17.2 Å². The van der Waals surface area contributed by atoms with Crippen LogP contribution in [0.4, 0.5) is 4.39 Å². The largest absolute Gasteiger partial charge is 0.490 e. The van der Waals surface area contributed by atoms with E-state index in [0.29, 0.717) is 30.8 Å². The van der Waals surface area contributed by atoms with Gasteiger partial charge in [0.1, 0.15) is 12.4 Å². The van der Waals surface area contributed by atoms with E-state index in [-0.39, 0.29) is 5.82 Å². The summed E-state index contributed by atoms with van der Waals surface area (Å²) in [5.74, 6) is 1.10. The second kappa shape index (κ2) is 10.1. The van der Waals surface area contributed by atoms with Gasteiger partial charge in [0.25, 0.3) is 0 Å². The van der Waals surface area contributed by atoms with Crippen LogP contribution in [0, 0.1) is 5.82 Å². The van der Waals surface area contributed by atoms with E-state index in [1.165, 1.54) is 12.1 Å². The summed E-state index contributed by atoms with van der Waals surface area (Å²) in [7, 11) is 0. The number of hydrogen-bond acceptors (Lipinski definition) is 4. The Labute approximate surface area is 168 Å². The molecule has 0 saturated carbocycles. The lowest BCUT2D eigenvalue weighted by atomic mass is 10.2. The third-order valence-electron chi connectivity index (χ3n) is 4.39. The highest BCUT2D eigenvalue weighted by Gasteiger charge is 2.16. The maximum Gasteiger partial charge on any atom is 0.175 e. The maximum absolute atomic E-state index is 13.0. The number of benzene rings is 2. The molecule has 1 heterocycles. The summed E-state index contributed by atoms with van der Waals surface area (Å²) in [6.45, 7) is 5.29. The van der Waals surface area contributed by atoms with Crippen molar-refractivity contribution < 1.29 is 18.6 Å². The second-order valence-electron chi connectivity index (χ2n) is 6.52. The summed E-state index contributed by atoms with van der Waals surface area (Å²) in [4.78, 5) is 0. The molecule has 0 amide bonds. The molecule has 1 unspecified atom stereocenters. The van der Waals surface area contributed by atoms with Gasteiger partial charge in [-0.1, -0.05) is 12.1 Å². The molecule has 2 aromatic rings. The molecule has 146 valence electrons. The first-order chi connectivity index (χ1) is 13.2. The van der Waals surface area contributed by atoms with Crippen LogP contribution in [0.25, 0.3) is 0 Å². The van der Waals surface area contributed by atoms with Gasteiger partial charge in [0.15, 0.2) is 11.5 Å². The van der Waals surface area contributed by atoms with Crippen LogP contribution in [-0.4, -0.2) is 25.9 Å². The lowest BCUT2D eigenvalue weighted by Gasteiger charge is -2.16. The summed E-state index contributed by atoms with van der Waals surface area (Å²) < 4.78 is 31.2. The van der Waals surface area contributed by atoms with E-state index in [4.69, 9.17) is 14.2 Å². The molecule has 1 aliphatic rings. The summed E-state index contributed by atoms with van der Waals surface area (Å²) in [5.41, 5.74) is 2.01.